The number of likely N-dealkylation sites (tertiary alicyclic amines) is 1. The Kier molecular flexibility index (Phi) is 4.91. The standard InChI is InChI=1S/C14H18Cl2N2O2/c1-14(20)5-7-18(9-14)6-4-13(19)17-12-8-10(15)2-3-11(12)16/h2-3,8,20H,4-7,9H2,1H3,(H,17,19). The Hall–Kier alpha value is -0.810. The Labute approximate surface area is 128 Å². The summed E-state index contributed by atoms with van der Waals surface area (Å²) in [5, 5.41) is 13.6. The lowest BCUT2D eigenvalue weighted by Crippen LogP contribution is -2.31. The Morgan fingerprint density at radius 2 is 2.25 bits per heavy atom. The first-order valence-electron chi connectivity index (χ1n) is 6.55. The van der Waals surface area contributed by atoms with Gasteiger partial charge in [-0.2, -0.15) is 0 Å². The van der Waals surface area contributed by atoms with Crippen LogP contribution in [0.5, 0.6) is 0 Å². The normalized spacial score (nSPS) is 23.0. The minimum Gasteiger partial charge on any atom is -0.389 e. The number of rotatable bonds is 4. The second kappa shape index (κ2) is 6.31. The van der Waals surface area contributed by atoms with Crippen LogP contribution in [-0.2, 0) is 4.79 Å². The third-order valence-corrected chi connectivity index (χ3v) is 3.95. The van der Waals surface area contributed by atoms with Crippen LogP contribution in [0.15, 0.2) is 18.2 Å². The topological polar surface area (TPSA) is 52.6 Å². The van der Waals surface area contributed by atoms with Crippen molar-refractivity contribution in [2.75, 3.05) is 25.0 Å². The summed E-state index contributed by atoms with van der Waals surface area (Å²) in [5.41, 5.74) is -0.107. The predicted octanol–water partition coefficient (Wildman–Crippen LogP) is 2.78. The molecule has 1 aliphatic heterocycles. The van der Waals surface area contributed by atoms with Gasteiger partial charge in [-0.15, -0.1) is 0 Å². The van der Waals surface area contributed by atoms with E-state index in [1.54, 1.807) is 18.2 Å². The maximum absolute atomic E-state index is 11.9. The van der Waals surface area contributed by atoms with E-state index in [1.807, 2.05) is 6.92 Å². The molecule has 2 N–H and O–H groups in total. The summed E-state index contributed by atoms with van der Waals surface area (Å²) in [5.74, 6) is -0.110. The van der Waals surface area contributed by atoms with Gasteiger partial charge in [0, 0.05) is 31.1 Å². The summed E-state index contributed by atoms with van der Waals surface area (Å²) in [4.78, 5) is 14.0. The summed E-state index contributed by atoms with van der Waals surface area (Å²) in [6.45, 7) is 3.87. The molecule has 4 nitrogen and oxygen atoms in total. The zero-order chi connectivity index (χ0) is 14.8. The predicted molar refractivity (Wildman–Crippen MR) is 81.4 cm³/mol. The van der Waals surface area contributed by atoms with Crippen LogP contribution >= 0.6 is 23.2 Å². The van der Waals surface area contributed by atoms with E-state index < -0.39 is 5.60 Å². The summed E-state index contributed by atoms with van der Waals surface area (Å²) < 4.78 is 0. The van der Waals surface area contributed by atoms with E-state index in [1.165, 1.54) is 0 Å². The molecule has 0 bridgehead atoms. The van der Waals surface area contributed by atoms with Crippen LogP contribution in [0, 0.1) is 0 Å². The smallest absolute Gasteiger partial charge is 0.225 e. The number of carbonyl (C=O) groups is 1. The molecule has 0 spiro atoms. The molecular weight excluding hydrogens is 299 g/mol. The van der Waals surface area contributed by atoms with Gasteiger partial charge in [0.05, 0.1) is 16.3 Å². The number of benzene rings is 1. The third kappa shape index (κ3) is 4.35. The number of anilines is 1. The molecule has 0 radical (unpaired) electrons. The van der Waals surface area contributed by atoms with Crippen molar-refractivity contribution in [3.8, 4) is 0 Å². The van der Waals surface area contributed by atoms with Gasteiger partial charge in [-0.05, 0) is 31.5 Å². The number of β-amino-alcohol motifs (C(OH)–C–C–N with tert-alkyl or cyclic N) is 1. The fourth-order valence-electron chi connectivity index (χ4n) is 2.30. The van der Waals surface area contributed by atoms with Crippen LogP contribution in [0.2, 0.25) is 10.0 Å². The summed E-state index contributed by atoms with van der Waals surface area (Å²) >= 11 is 11.9. The fraction of sp³-hybridized carbons (Fsp3) is 0.500. The highest BCUT2D eigenvalue weighted by molar-refractivity contribution is 6.35. The average molecular weight is 317 g/mol. The number of nitrogens with one attached hydrogen (secondary N) is 1. The van der Waals surface area contributed by atoms with Gasteiger partial charge in [0.15, 0.2) is 0 Å². The molecule has 1 saturated heterocycles. The van der Waals surface area contributed by atoms with Crippen LogP contribution in [0.3, 0.4) is 0 Å². The third-order valence-electron chi connectivity index (χ3n) is 3.39. The molecule has 110 valence electrons. The van der Waals surface area contributed by atoms with Crippen molar-refractivity contribution >= 4 is 34.8 Å². The van der Waals surface area contributed by atoms with Gasteiger partial charge in [0.25, 0.3) is 0 Å². The lowest BCUT2D eigenvalue weighted by atomic mass is 10.1. The fourth-order valence-corrected chi connectivity index (χ4v) is 2.63. The summed E-state index contributed by atoms with van der Waals surface area (Å²) in [7, 11) is 0. The van der Waals surface area contributed by atoms with Crippen LogP contribution in [0.25, 0.3) is 0 Å². The highest BCUT2D eigenvalue weighted by atomic mass is 35.5. The Morgan fingerprint density at radius 3 is 2.90 bits per heavy atom. The number of carbonyl (C=O) groups excluding carboxylic acids is 1. The molecule has 1 amide bonds. The molecule has 0 aliphatic carbocycles. The number of halogens is 2. The van der Waals surface area contributed by atoms with Gasteiger partial charge < -0.3 is 10.4 Å². The summed E-state index contributed by atoms with van der Waals surface area (Å²) in [6, 6.07) is 4.95. The van der Waals surface area contributed by atoms with E-state index >= 15 is 0 Å². The molecular formula is C14H18Cl2N2O2. The van der Waals surface area contributed by atoms with E-state index in [0.717, 1.165) is 13.0 Å². The van der Waals surface area contributed by atoms with E-state index in [2.05, 4.69) is 10.2 Å². The van der Waals surface area contributed by atoms with Crippen LogP contribution in [0.1, 0.15) is 19.8 Å². The van der Waals surface area contributed by atoms with Crippen LogP contribution < -0.4 is 5.32 Å². The minimum absolute atomic E-state index is 0.110. The van der Waals surface area contributed by atoms with E-state index in [0.29, 0.717) is 35.2 Å². The minimum atomic E-state index is -0.632. The zero-order valence-electron chi connectivity index (χ0n) is 11.3. The van der Waals surface area contributed by atoms with Gasteiger partial charge in [0.1, 0.15) is 0 Å². The second-order valence-corrected chi connectivity index (χ2v) is 6.29. The van der Waals surface area contributed by atoms with Gasteiger partial charge >= 0.3 is 0 Å². The van der Waals surface area contributed by atoms with Crippen molar-refractivity contribution in [3.63, 3.8) is 0 Å². The lowest BCUT2D eigenvalue weighted by Gasteiger charge is -2.18. The molecule has 20 heavy (non-hydrogen) atoms. The molecule has 2 rings (SSSR count). The van der Waals surface area contributed by atoms with Crippen molar-refractivity contribution in [1.82, 2.24) is 4.90 Å². The van der Waals surface area contributed by atoms with Crippen LogP contribution in [0.4, 0.5) is 5.69 Å². The Morgan fingerprint density at radius 1 is 1.50 bits per heavy atom. The van der Waals surface area contributed by atoms with Crippen LogP contribution in [-0.4, -0.2) is 41.1 Å². The largest absolute Gasteiger partial charge is 0.389 e. The quantitative estimate of drug-likeness (QED) is 0.898. The molecule has 1 unspecified atom stereocenters. The van der Waals surface area contributed by atoms with Crippen molar-refractivity contribution in [2.45, 2.75) is 25.4 Å². The number of amides is 1. The molecule has 1 fully saturated rings. The highest BCUT2D eigenvalue weighted by Crippen LogP contribution is 2.25. The average Bonchev–Trinajstić information content (AvgIpc) is 2.71. The molecule has 1 aliphatic rings. The number of hydrogen-bond donors (Lipinski definition) is 2. The van der Waals surface area contributed by atoms with Crippen molar-refractivity contribution in [3.05, 3.63) is 28.2 Å². The first kappa shape index (κ1) is 15.6. The monoisotopic (exact) mass is 316 g/mol. The molecule has 1 heterocycles. The molecule has 0 saturated carbocycles. The van der Waals surface area contributed by atoms with E-state index in [-0.39, 0.29) is 5.91 Å². The number of nitrogens with zero attached hydrogens (tertiary/aromatic N) is 1. The molecule has 0 aromatic heterocycles. The van der Waals surface area contributed by atoms with Gasteiger partial charge in [0.2, 0.25) is 5.91 Å². The Balaban J connectivity index is 1.83. The molecule has 1 atom stereocenters. The van der Waals surface area contributed by atoms with E-state index in [9.17, 15) is 9.90 Å². The first-order valence-corrected chi connectivity index (χ1v) is 7.31. The maximum atomic E-state index is 11.9. The van der Waals surface area contributed by atoms with Crippen molar-refractivity contribution < 1.29 is 9.90 Å². The lowest BCUT2D eigenvalue weighted by molar-refractivity contribution is -0.116. The summed E-state index contributed by atoms with van der Waals surface area (Å²) in [6.07, 6.45) is 1.10. The number of aliphatic hydroxyl groups is 1. The molecule has 1 aromatic rings. The SMILES string of the molecule is CC1(O)CCN(CCC(=O)Nc2cc(Cl)ccc2Cl)C1. The molecule has 1 aromatic carbocycles. The second-order valence-electron chi connectivity index (χ2n) is 5.45. The Bertz CT molecular complexity index is 506. The van der Waals surface area contributed by atoms with Crippen molar-refractivity contribution in [2.24, 2.45) is 0 Å². The highest BCUT2D eigenvalue weighted by Gasteiger charge is 2.31. The number of hydrogen-bond acceptors (Lipinski definition) is 3. The molecule has 6 heteroatoms. The zero-order valence-corrected chi connectivity index (χ0v) is 12.8. The van der Waals surface area contributed by atoms with Gasteiger partial charge in [-0.1, -0.05) is 23.2 Å². The van der Waals surface area contributed by atoms with Gasteiger partial charge in [-0.25, -0.2) is 0 Å². The first-order chi connectivity index (χ1) is 9.35. The van der Waals surface area contributed by atoms with E-state index in [4.69, 9.17) is 23.2 Å². The van der Waals surface area contributed by atoms with Crippen molar-refractivity contribution in [1.29, 1.82) is 0 Å². The maximum Gasteiger partial charge on any atom is 0.225 e. The van der Waals surface area contributed by atoms with Gasteiger partial charge in [-0.3, -0.25) is 9.69 Å².